The van der Waals surface area contributed by atoms with Gasteiger partial charge in [0.15, 0.2) is 0 Å². The highest BCUT2D eigenvalue weighted by molar-refractivity contribution is 6.31. The predicted octanol–water partition coefficient (Wildman–Crippen LogP) is 4.73. The van der Waals surface area contributed by atoms with Gasteiger partial charge in [-0.05, 0) is 35.4 Å². The van der Waals surface area contributed by atoms with E-state index in [1.54, 1.807) is 6.07 Å². The lowest BCUT2D eigenvalue weighted by Crippen LogP contribution is -2.01. The van der Waals surface area contributed by atoms with Gasteiger partial charge in [-0.15, -0.1) is 0 Å². The highest BCUT2D eigenvalue weighted by Crippen LogP contribution is 2.33. The molecule has 0 radical (unpaired) electrons. The van der Waals surface area contributed by atoms with Gasteiger partial charge in [-0.2, -0.15) is 0 Å². The van der Waals surface area contributed by atoms with E-state index >= 15 is 0 Å². The van der Waals surface area contributed by atoms with Gasteiger partial charge >= 0.3 is 0 Å². The van der Waals surface area contributed by atoms with Crippen LogP contribution >= 0.6 is 23.2 Å². The van der Waals surface area contributed by atoms with Crippen LogP contribution in [0.3, 0.4) is 0 Å². The zero-order valence-corrected chi connectivity index (χ0v) is 11.0. The number of rotatable bonds is 2. The fraction of sp³-hybridized carbons (Fsp3) is 0.143. The monoisotopic (exact) mass is 265 g/mol. The molecule has 1 atom stereocenters. The highest BCUT2D eigenvalue weighted by Gasteiger charge is 2.14. The van der Waals surface area contributed by atoms with Crippen molar-refractivity contribution in [2.45, 2.75) is 12.8 Å². The average molecular weight is 266 g/mol. The summed E-state index contributed by atoms with van der Waals surface area (Å²) in [6, 6.07) is 13.3. The van der Waals surface area contributed by atoms with Crippen LogP contribution in [0.25, 0.3) is 0 Å². The van der Waals surface area contributed by atoms with Crippen molar-refractivity contribution in [1.82, 2.24) is 0 Å². The van der Waals surface area contributed by atoms with Crippen LogP contribution in [0.5, 0.6) is 0 Å². The maximum atomic E-state index is 6.19. The quantitative estimate of drug-likeness (QED) is 0.781. The molecule has 2 aromatic carbocycles. The Morgan fingerprint density at radius 2 is 1.71 bits per heavy atom. The Balaban J connectivity index is 2.47. The number of hydrogen-bond donors (Lipinski definition) is 1. The number of halogens is 2. The topological polar surface area (TPSA) is 26.0 Å². The minimum absolute atomic E-state index is 0.127. The van der Waals surface area contributed by atoms with Crippen LogP contribution in [0.15, 0.2) is 42.5 Å². The van der Waals surface area contributed by atoms with E-state index in [9.17, 15) is 0 Å². The summed E-state index contributed by atoms with van der Waals surface area (Å²) in [4.78, 5) is 0. The van der Waals surface area contributed by atoms with Crippen LogP contribution in [0.4, 0.5) is 5.69 Å². The van der Waals surface area contributed by atoms with Crippen LogP contribution in [-0.2, 0) is 0 Å². The van der Waals surface area contributed by atoms with Gasteiger partial charge < -0.3 is 5.73 Å². The lowest BCUT2D eigenvalue weighted by Gasteiger charge is -2.16. The molecule has 0 spiro atoms. The normalized spacial score (nSPS) is 12.4. The summed E-state index contributed by atoms with van der Waals surface area (Å²) in [6.45, 7) is 2.07. The largest absolute Gasteiger partial charge is 0.398 e. The maximum Gasteiger partial charge on any atom is 0.0444 e. The van der Waals surface area contributed by atoms with Crippen molar-refractivity contribution in [3.8, 4) is 0 Å². The first-order chi connectivity index (χ1) is 8.09. The molecule has 3 heteroatoms. The molecule has 0 saturated heterocycles. The number of anilines is 1. The SMILES string of the molecule is CC(c1cc(Cl)ccc1N)c1ccccc1Cl. The fourth-order valence-corrected chi connectivity index (χ4v) is 2.39. The van der Waals surface area contributed by atoms with Crippen molar-refractivity contribution in [3.63, 3.8) is 0 Å². The molecule has 88 valence electrons. The lowest BCUT2D eigenvalue weighted by molar-refractivity contribution is 0.926. The second-order valence-electron chi connectivity index (χ2n) is 4.02. The molecule has 0 fully saturated rings. The molecule has 0 bridgehead atoms. The molecular formula is C14H13Cl2N. The van der Waals surface area contributed by atoms with Gasteiger partial charge in [0, 0.05) is 21.7 Å². The zero-order chi connectivity index (χ0) is 12.4. The van der Waals surface area contributed by atoms with Crippen molar-refractivity contribution in [2.75, 3.05) is 5.73 Å². The molecule has 0 heterocycles. The molecule has 0 aliphatic rings. The van der Waals surface area contributed by atoms with Gasteiger partial charge in [-0.3, -0.25) is 0 Å². The minimum Gasteiger partial charge on any atom is -0.398 e. The van der Waals surface area contributed by atoms with Crippen molar-refractivity contribution in [3.05, 3.63) is 63.6 Å². The second-order valence-corrected chi connectivity index (χ2v) is 4.86. The third-order valence-electron chi connectivity index (χ3n) is 2.89. The molecule has 0 saturated carbocycles. The molecule has 2 aromatic rings. The molecule has 17 heavy (non-hydrogen) atoms. The zero-order valence-electron chi connectivity index (χ0n) is 9.45. The Labute approximate surface area is 111 Å². The van der Waals surface area contributed by atoms with Crippen molar-refractivity contribution in [1.29, 1.82) is 0 Å². The van der Waals surface area contributed by atoms with Crippen LogP contribution in [-0.4, -0.2) is 0 Å². The van der Waals surface area contributed by atoms with Gasteiger partial charge in [-0.25, -0.2) is 0 Å². The summed E-state index contributed by atoms with van der Waals surface area (Å²) in [6.07, 6.45) is 0. The fourth-order valence-electron chi connectivity index (χ4n) is 1.91. The maximum absolute atomic E-state index is 6.19. The Hall–Kier alpha value is -1.18. The summed E-state index contributed by atoms with van der Waals surface area (Å²) < 4.78 is 0. The predicted molar refractivity (Wildman–Crippen MR) is 74.8 cm³/mol. The van der Waals surface area contributed by atoms with Crippen LogP contribution < -0.4 is 5.73 Å². The molecule has 2 rings (SSSR count). The first-order valence-electron chi connectivity index (χ1n) is 5.39. The van der Waals surface area contributed by atoms with Gasteiger partial charge in [-0.1, -0.05) is 48.3 Å². The second kappa shape index (κ2) is 4.99. The standard InChI is InChI=1S/C14H13Cl2N/c1-9(11-4-2-3-5-13(11)16)12-8-10(15)6-7-14(12)17/h2-9H,17H2,1H3. The van der Waals surface area contributed by atoms with Crippen LogP contribution in [0, 0.1) is 0 Å². The minimum atomic E-state index is 0.127. The Bertz CT molecular complexity index is 537. The third-order valence-corrected chi connectivity index (χ3v) is 3.47. The summed E-state index contributed by atoms with van der Waals surface area (Å²) in [5.41, 5.74) is 8.78. The third kappa shape index (κ3) is 2.56. The summed E-state index contributed by atoms with van der Waals surface area (Å²) in [5.74, 6) is 0.127. The summed E-state index contributed by atoms with van der Waals surface area (Å²) in [5, 5.41) is 1.44. The Morgan fingerprint density at radius 1 is 1.00 bits per heavy atom. The van der Waals surface area contributed by atoms with E-state index in [1.165, 1.54) is 0 Å². The van der Waals surface area contributed by atoms with Crippen molar-refractivity contribution in [2.24, 2.45) is 0 Å². The number of benzene rings is 2. The van der Waals surface area contributed by atoms with E-state index in [1.807, 2.05) is 36.4 Å². The summed E-state index contributed by atoms with van der Waals surface area (Å²) >= 11 is 12.2. The molecule has 0 aliphatic heterocycles. The Kier molecular flexibility index (Phi) is 3.60. The van der Waals surface area contributed by atoms with E-state index < -0.39 is 0 Å². The molecule has 1 unspecified atom stereocenters. The van der Waals surface area contributed by atoms with Gasteiger partial charge in [0.25, 0.3) is 0 Å². The van der Waals surface area contributed by atoms with Crippen LogP contribution in [0.1, 0.15) is 24.0 Å². The van der Waals surface area contributed by atoms with Gasteiger partial charge in [0.05, 0.1) is 0 Å². The van der Waals surface area contributed by atoms with Gasteiger partial charge in [0.2, 0.25) is 0 Å². The number of nitrogen functional groups attached to an aromatic ring is 1. The highest BCUT2D eigenvalue weighted by atomic mass is 35.5. The molecule has 0 aliphatic carbocycles. The van der Waals surface area contributed by atoms with Crippen molar-refractivity contribution < 1.29 is 0 Å². The molecular weight excluding hydrogens is 253 g/mol. The van der Waals surface area contributed by atoms with E-state index in [2.05, 4.69) is 6.92 Å². The molecule has 2 N–H and O–H groups in total. The Morgan fingerprint density at radius 3 is 2.41 bits per heavy atom. The van der Waals surface area contributed by atoms with E-state index in [0.717, 1.165) is 21.8 Å². The number of hydrogen-bond acceptors (Lipinski definition) is 1. The summed E-state index contributed by atoms with van der Waals surface area (Å²) in [7, 11) is 0. The van der Waals surface area contributed by atoms with Crippen LogP contribution in [0.2, 0.25) is 10.0 Å². The van der Waals surface area contributed by atoms with E-state index in [4.69, 9.17) is 28.9 Å². The lowest BCUT2D eigenvalue weighted by atomic mass is 9.92. The molecule has 0 amide bonds. The van der Waals surface area contributed by atoms with Crippen molar-refractivity contribution >= 4 is 28.9 Å². The number of nitrogens with two attached hydrogens (primary N) is 1. The first kappa shape index (κ1) is 12.3. The average Bonchev–Trinajstić information content (AvgIpc) is 2.32. The molecule has 1 nitrogen and oxygen atoms in total. The van der Waals surface area contributed by atoms with Gasteiger partial charge in [0.1, 0.15) is 0 Å². The van der Waals surface area contributed by atoms with E-state index in [0.29, 0.717) is 5.02 Å². The smallest absolute Gasteiger partial charge is 0.0444 e. The molecule has 0 aromatic heterocycles. The first-order valence-corrected chi connectivity index (χ1v) is 6.14. The van der Waals surface area contributed by atoms with E-state index in [-0.39, 0.29) is 5.92 Å².